The van der Waals surface area contributed by atoms with Crippen LogP contribution in [0.25, 0.3) is 0 Å². The van der Waals surface area contributed by atoms with Gasteiger partial charge in [0.25, 0.3) is 0 Å². The van der Waals surface area contributed by atoms with Gasteiger partial charge in [0.05, 0.1) is 24.9 Å². The van der Waals surface area contributed by atoms with Crippen LogP contribution in [0.2, 0.25) is 5.02 Å². The maximum atomic E-state index is 12.2. The monoisotopic (exact) mass is 309 g/mol. The summed E-state index contributed by atoms with van der Waals surface area (Å²) in [6.45, 7) is 1.75. The first-order valence-electron chi connectivity index (χ1n) is 6.28. The number of nitrogens with zero attached hydrogens (tertiary/aromatic N) is 2. The summed E-state index contributed by atoms with van der Waals surface area (Å²) >= 11 is 6.07. The highest BCUT2D eigenvalue weighted by atomic mass is 35.5. The third kappa shape index (κ3) is 3.28. The van der Waals surface area contributed by atoms with Crippen molar-refractivity contribution in [2.75, 3.05) is 19.5 Å². The number of carbonyl (C=O) groups is 1. The fourth-order valence-electron chi connectivity index (χ4n) is 1.82. The van der Waals surface area contributed by atoms with Crippen molar-refractivity contribution < 1.29 is 14.3 Å². The Morgan fingerprint density at radius 1 is 1.33 bits per heavy atom. The van der Waals surface area contributed by atoms with Gasteiger partial charge in [-0.2, -0.15) is 5.10 Å². The van der Waals surface area contributed by atoms with E-state index >= 15 is 0 Å². The van der Waals surface area contributed by atoms with E-state index in [2.05, 4.69) is 10.4 Å². The molecule has 0 bridgehead atoms. The highest BCUT2D eigenvalue weighted by Crippen LogP contribution is 2.36. The maximum Gasteiger partial charge on any atom is 0.249 e. The number of ether oxygens (including phenoxy) is 2. The van der Waals surface area contributed by atoms with Crippen molar-refractivity contribution in [2.45, 2.75) is 13.0 Å². The van der Waals surface area contributed by atoms with Gasteiger partial charge in [-0.05, 0) is 19.1 Å². The predicted molar refractivity (Wildman–Crippen MR) is 80.1 cm³/mol. The molecule has 1 aromatic carbocycles. The second-order valence-electron chi connectivity index (χ2n) is 4.34. The summed E-state index contributed by atoms with van der Waals surface area (Å²) < 4.78 is 11.9. The molecule has 21 heavy (non-hydrogen) atoms. The molecule has 2 rings (SSSR count). The molecule has 0 aliphatic rings. The lowest BCUT2D eigenvalue weighted by molar-refractivity contribution is -0.119. The molecule has 1 unspecified atom stereocenters. The summed E-state index contributed by atoms with van der Waals surface area (Å²) in [7, 11) is 3.02. The van der Waals surface area contributed by atoms with Crippen LogP contribution in [0.1, 0.15) is 13.0 Å². The molecule has 0 saturated carbocycles. The van der Waals surface area contributed by atoms with Crippen molar-refractivity contribution in [2.24, 2.45) is 0 Å². The zero-order chi connectivity index (χ0) is 15.4. The Balaban J connectivity index is 2.22. The second kappa shape index (κ2) is 6.49. The number of rotatable bonds is 5. The highest BCUT2D eigenvalue weighted by molar-refractivity contribution is 6.32. The Hall–Kier alpha value is -2.21. The predicted octanol–water partition coefficient (Wildman–Crippen LogP) is 2.75. The molecule has 1 atom stereocenters. The van der Waals surface area contributed by atoms with E-state index in [1.165, 1.54) is 14.2 Å². The van der Waals surface area contributed by atoms with Crippen LogP contribution in [0.15, 0.2) is 30.6 Å². The van der Waals surface area contributed by atoms with E-state index in [1.54, 1.807) is 42.2 Å². The van der Waals surface area contributed by atoms with E-state index in [1.807, 2.05) is 0 Å². The molecule has 1 aromatic heterocycles. The van der Waals surface area contributed by atoms with Crippen molar-refractivity contribution in [3.05, 3.63) is 35.6 Å². The number of hydrogen-bond donors (Lipinski definition) is 1. The van der Waals surface area contributed by atoms with Gasteiger partial charge in [-0.3, -0.25) is 9.48 Å². The number of aromatic nitrogens is 2. The van der Waals surface area contributed by atoms with E-state index in [9.17, 15) is 4.79 Å². The summed E-state index contributed by atoms with van der Waals surface area (Å²) in [5.74, 6) is 0.724. The molecule has 0 radical (unpaired) electrons. The molecular weight excluding hydrogens is 294 g/mol. The van der Waals surface area contributed by atoms with E-state index in [0.717, 1.165) is 0 Å². The third-order valence-electron chi connectivity index (χ3n) is 3.03. The standard InChI is InChI=1S/C14H16ClN3O3/c1-9(18-6-4-5-16-18)14(19)17-11-7-10(15)12(20-2)8-13(11)21-3/h4-9H,1-3H3,(H,17,19). The van der Waals surface area contributed by atoms with E-state index < -0.39 is 6.04 Å². The SMILES string of the molecule is COc1cc(OC)c(NC(=O)C(C)n2cccn2)cc1Cl. The molecule has 6 nitrogen and oxygen atoms in total. The summed E-state index contributed by atoms with van der Waals surface area (Å²) in [5.41, 5.74) is 0.479. The molecule has 1 amide bonds. The van der Waals surface area contributed by atoms with Crippen molar-refractivity contribution in [3.63, 3.8) is 0 Å². The molecule has 0 spiro atoms. The first kappa shape index (κ1) is 15.2. The lowest BCUT2D eigenvalue weighted by atomic mass is 10.2. The molecule has 1 N–H and O–H groups in total. The number of hydrogen-bond acceptors (Lipinski definition) is 4. The van der Waals surface area contributed by atoms with Crippen LogP contribution in [0.5, 0.6) is 11.5 Å². The number of anilines is 1. The zero-order valence-corrected chi connectivity index (χ0v) is 12.7. The number of carbonyl (C=O) groups excluding carboxylic acids is 1. The first-order chi connectivity index (χ1) is 10.1. The van der Waals surface area contributed by atoms with Gasteiger partial charge in [0.2, 0.25) is 5.91 Å². The van der Waals surface area contributed by atoms with Crippen molar-refractivity contribution in [1.82, 2.24) is 9.78 Å². The minimum absolute atomic E-state index is 0.224. The summed E-state index contributed by atoms with van der Waals surface area (Å²) in [5, 5.41) is 7.21. The summed E-state index contributed by atoms with van der Waals surface area (Å²) in [4.78, 5) is 12.2. The zero-order valence-electron chi connectivity index (χ0n) is 12.0. The highest BCUT2D eigenvalue weighted by Gasteiger charge is 2.18. The van der Waals surface area contributed by atoms with Gasteiger partial charge < -0.3 is 14.8 Å². The Bertz CT molecular complexity index is 629. The maximum absolute atomic E-state index is 12.2. The smallest absolute Gasteiger partial charge is 0.249 e. The van der Waals surface area contributed by atoms with Crippen LogP contribution in [-0.2, 0) is 4.79 Å². The van der Waals surface area contributed by atoms with Gasteiger partial charge in [-0.15, -0.1) is 0 Å². The Labute approximate surface area is 127 Å². The largest absolute Gasteiger partial charge is 0.495 e. The van der Waals surface area contributed by atoms with Gasteiger partial charge >= 0.3 is 0 Å². The minimum Gasteiger partial charge on any atom is -0.495 e. The van der Waals surface area contributed by atoms with Crippen molar-refractivity contribution in [3.8, 4) is 11.5 Å². The molecule has 112 valence electrons. The van der Waals surface area contributed by atoms with Gasteiger partial charge in [-0.25, -0.2) is 0 Å². The van der Waals surface area contributed by atoms with Crippen LogP contribution in [0.4, 0.5) is 5.69 Å². The third-order valence-corrected chi connectivity index (χ3v) is 3.33. The van der Waals surface area contributed by atoms with Crippen LogP contribution in [0.3, 0.4) is 0 Å². The Morgan fingerprint density at radius 3 is 2.62 bits per heavy atom. The normalized spacial score (nSPS) is 11.8. The van der Waals surface area contributed by atoms with Crippen molar-refractivity contribution >= 4 is 23.2 Å². The fraction of sp³-hybridized carbons (Fsp3) is 0.286. The average molecular weight is 310 g/mol. The summed E-state index contributed by atoms with van der Waals surface area (Å²) in [6, 6.07) is 4.52. The van der Waals surface area contributed by atoms with Gasteiger partial charge in [-0.1, -0.05) is 11.6 Å². The minimum atomic E-state index is -0.453. The van der Waals surface area contributed by atoms with Crippen LogP contribution in [-0.4, -0.2) is 29.9 Å². The first-order valence-corrected chi connectivity index (χ1v) is 6.66. The van der Waals surface area contributed by atoms with E-state index in [4.69, 9.17) is 21.1 Å². The number of halogens is 1. The van der Waals surface area contributed by atoms with E-state index in [0.29, 0.717) is 22.2 Å². The van der Waals surface area contributed by atoms with Crippen LogP contribution < -0.4 is 14.8 Å². The van der Waals surface area contributed by atoms with Crippen LogP contribution >= 0.6 is 11.6 Å². The quantitative estimate of drug-likeness (QED) is 0.922. The number of benzene rings is 1. The summed E-state index contributed by atoms with van der Waals surface area (Å²) in [6.07, 6.45) is 3.34. The Morgan fingerprint density at radius 2 is 2.05 bits per heavy atom. The molecule has 0 aliphatic heterocycles. The van der Waals surface area contributed by atoms with Crippen molar-refractivity contribution in [1.29, 1.82) is 0 Å². The molecule has 0 aliphatic carbocycles. The number of amides is 1. The second-order valence-corrected chi connectivity index (χ2v) is 4.75. The number of nitrogens with one attached hydrogen (secondary N) is 1. The van der Waals surface area contributed by atoms with Gasteiger partial charge in [0.15, 0.2) is 0 Å². The molecule has 0 saturated heterocycles. The van der Waals surface area contributed by atoms with Gasteiger partial charge in [0.1, 0.15) is 17.5 Å². The molecule has 2 aromatic rings. The van der Waals surface area contributed by atoms with Crippen LogP contribution in [0, 0.1) is 0 Å². The molecular formula is C14H16ClN3O3. The Kier molecular flexibility index (Phi) is 4.70. The van der Waals surface area contributed by atoms with E-state index in [-0.39, 0.29) is 5.91 Å². The topological polar surface area (TPSA) is 65.4 Å². The average Bonchev–Trinajstić information content (AvgIpc) is 3.00. The fourth-order valence-corrected chi connectivity index (χ4v) is 2.07. The lowest BCUT2D eigenvalue weighted by Crippen LogP contribution is -2.24. The molecule has 1 heterocycles. The number of methoxy groups -OCH3 is 2. The van der Waals surface area contributed by atoms with Gasteiger partial charge in [0, 0.05) is 18.5 Å². The lowest BCUT2D eigenvalue weighted by Gasteiger charge is -2.16. The molecule has 7 heteroatoms. The molecule has 0 fully saturated rings.